The third-order valence-electron chi connectivity index (χ3n) is 3.27. The molecule has 0 bridgehead atoms. The molecular formula is C19H24N2O2. The molecule has 0 spiro atoms. The highest BCUT2D eigenvalue weighted by molar-refractivity contribution is 5.74. The molecule has 23 heavy (non-hydrogen) atoms. The van der Waals surface area contributed by atoms with Crippen molar-refractivity contribution < 1.29 is 9.84 Å². The predicted octanol–water partition coefficient (Wildman–Crippen LogP) is 4.14. The molecule has 3 N–H and O–H groups in total. The van der Waals surface area contributed by atoms with Gasteiger partial charge in [0.05, 0.1) is 24.1 Å². The number of benzene rings is 2. The number of hydrogen-bond acceptors (Lipinski definition) is 4. The van der Waals surface area contributed by atoms with Gasteiger partial charge in [0, 0.05) is 12.1 Å². The largest absolute Gasteiger partial charge is 0.393 e. The van der Waals surface area contributed by atoms with Crippen LogP contribution in [-0.4, -0.2) is 24.0 Å². The topological polar surface area (TPSA) is 53.5 Å². The van der Waals surface area contributed by atoms with Crippen LogP contribution in [0, 0.1) is 0 Å². The molecule has 2 atom stereocenters. The quantitative estimate of drug-likeness (QED) is 0.481. The van der Waals surface area contributed by atoms with Crippen molar-refractivity contribution >= 4 is 17.1 Å². The van der Waals surface area contributed by atoms with E-state index < -0.39 is 6.10 Å². The number of aliphatic hydroxyl groups excluding tert-OH is 1. The van der Waals surface area contributed by atoms with Crippen LogP contribution in [0.3, 0.4) is 0 Å². The summed E-state index contributed by atoms with van der Waals surface area (Å²) >= 11 is 0. The molecule has 0 aliphatic rings. The highest BCUT2D eigenvalue weighted by Gasteiger charge is 2.13. The van der Waals surface area contributed by atoms with Crippen LogP contribution >= 0.6 is 0 Å². The van der Waals surface area contributed by atoms with E-state index in [1.807, 2.05) is 54.6 Å². The molecule has 0 saturated carbocycles. The van der Waals surface area contributed by atoms with Crippen molar-refractivity contribution in [3.8, 4) is 0 Å². The summed E-state index contributed by atoms with van der Waals surface area (Å²) in [6, 6.07) is 17.9. The highest BCUT2D eigenvalue weighted by atomic mass is 16.5. The van der Waals surface area contributed by atoms with Crippen molar-refractivity contribution in [1.82, 2.24) is 0 Å². The van der Waals surface area contributed by atoms with Crippen LogP contribution in [0.2, 0.25) is 0 Å². The van der Waals surface area contributed by atoms with Crippen LogP contribution < -0.4 is 10.6 Å². The number of anilines is 3. The first kappa shape index (κ1) is 17.1. The number of ether oxygens (including phenoxy) is 1. The zero-order chi connectivity index (χ0) is 16.5. The van der Waals surface area contributed by atoms with Crippen LogP contribution in [-0.2, 0) is 4.74 Å². The molecule has 4 heteroatoms. The molecule has 122 valence electrons. The number of aliphatic hydroxyl groups is 1. The predicted molar refractivity (Wildman–Crippen MR) is 96.0 cm³/mol. The summed E-state index contributed by atoms with van der Waals surface area (Å²) in [6.07, 6.45) is 1.46. The van der Waals surface area contributed by atoms with Gasteiger partial charge in [0.15, 0.2) is 0 Å². The molecule has 0 heterocycles. The van der Waals surface area contributed by atoms with Crippen LogP contribution in [0.25, 0.3) is 0 Å². The van der Waals surface area contributed by atoms with E-state index in [2.05, 4.69) is 17.2 Å². The average Bonchev–Trinajstić information content (AvgIpc) is 2.55. The lowest BCUT2D eigenvalue weighted by Gasteiger charge is -2.23. The summed E-state index contributed by atoms with van der Waals surface area (Å²) in [5, 5.41) is 16.4. The highest BCUT2D eigenvalue weighted by Crippen LogP contribution is 2.26. The minimum atomic E-state index is -0.452. The molecule has 2 rings (SSSR count). The molecule has 2 unspecified atom stereocenters. The molecule has 0 radical (unpaired) electrons. The Morgan fingerprint density at radius 3 is 2.39 bits per heavy atom. The van der Waals surface area contributed by atoms with Gasteiger partial charge in [0.1, 0.15) is 6.23 Å². The molecule has 2 aromatic rings. The van der Waals surface area contributed by atoms with Gasteiger partial charge in [-0.1, -0.05) is 36.4 Å². The van der Waals surface area contributed by atoms with E-state index in [1.165, 1.54) is 0 Å². The zero-order valence-electron chi connectivity index (χ0n) is 13.4. The van der Waals surface area contributed by atoms with Gasteiger partial charge in [-0.15, -0.1) is 6.58 Å². The summed E-state index contributed by atoms with van der Waals surface area (Å²) in [6.45, 7) is 5.84. The number of nitrogens with one attached hydrogen (secondary N) is 2. The van der Waals surface area contributed by atoms with E-state index in [0.29, 0.717) is 13.0 Å². The van der Waals surface area contributed by atoms with Crippen LogP contribution in [0.1, 0.15) is 13.3 Å². The summed E-state index contributed by atoms with van der Waals surface area (Å²) < 4.78 is 5.69. The Kier molecular flexibility index (Phi) is 6.66. The first-order valence-electron chi connectivity index (χ1n) is 7.77. The standard InChI is InChI=1S/C19H24N2O2/c1-3-13-23-19(14-15(2)22)21-18-12-8-7-11-17(18)20-16-9-5-4-6-10-16/h3-12,15,19-22H,1,13-14H2,2H3. The van der Waals surface area contributed by atoms with Crippen LogP contribution in [0.15, 0.2) is 67.3 Å². The zero-order valence-corrected chi connectivity index (χ0v) is 13.4. The van der Waals surface area contributed by atoms with E-state index in [9.17, 15) is 5.11 Å². The van der Waals surface area contributed by atoms with E-state index in [-0.39, 0.29) is 6.23 Å². The number of hydrogen-bond donors (Lipinski definition) is 3. The fourth-order valence-electron chi connectivity index (χ4n) is 2.23. The summed E-state index contributed by atoms with van der Waals surface area (Å²) in [7, 11) is 0. The summed E-state index contributed by atoms with van der Waals surface area (Å²) in [5.74, 6) is 0. The monoisotopic (exact) mass is 312 g/mol. The molecular weight excluding hydrogens is 288 g/mol. The van der Waals surface area contributed by atoms with Crippen molar-refractivity contribution in [3.63, 3.8) is 0 Å². The van der Waals surface area contributed by atoms with Crippen molar-refractivity contribution in [1.29, 1.82) is 0 Å². The van der Waals surface area contributed by atoms with Gasteiger partial charge >= 0.3 is 0 Å². The third kappa shape index (κ3) is 5.77. The Morgan fingerprint density at radius 1 is 1.09 bits per heavy atom. The second-order valence-corrected chi connectivity index (χ2v) is 5.38. The Balaban J connectivity index is 2.12. The van der Waals surface area contributed by atoms with Crippen molar-refractivity contribution in [2.75, 3.05) is 17.2 Å². The molecule has 0 aliphatic heterocycles. The first-order valence-corrected chi connectivity index (χ1v) is 7.77. The fraction of sp³-hybridized carbons (Fsp3) is 0.263. The Bertz CT molecular complexity index is 599. The lowest BCUT2D eigenvalue weighted by Crippen LogP contribution is -2.27. The van der Waals surface area contributed by atoms with E-state index in [4.69, 9.17) is 4.74 Å². The summed E-state index contributed by atoms with van der Waals surface area (Å²) in [5.41, 5.74) is 2.89. The van der Waals surface area contributed by atoms with E-state index in [0.717, 1.165) is 17.1 Å². The van der Waals surface area contributed by atoms with Gasteiger partial charge in [-0.25, -0.2) is 0 Å². The average molecular weight is 312 g/mol. The second-order valence-electron chi connectivity index (χ2n) is 5.38. The van der Waals surface area contributed by atoms with Gasteiger partial charge in [0.25, 0.3) is 0 Å². The SMILES string of the molecule is C=CCOC(CC(C)O)Nc1ccccc1Nc1ccccc1. The molecule has 0 aliphatic carbocycles. The number of para-hydroxylation sites is 3. The first-order chi connectivity index (χ1) is 11.2. The lowest BCUT2D eigenvalue weighted by atomic mass is 10.2. The second kappa shape index (κ2) is 8.98. The minimum absolute atomic E-state index is 0.285. The van der Waals surface area contributed by atoms with Crippen molar-refractivity contribution in [2.45, 2.75) is 25.7 Å². The molecule has 0 saturated heterocycles. The van der Waals surface area contributed by atoms with E-state index >= 15 is 0 Å². The van der Waals surface area contributed by atoms with Gasteiger partial charge in [-0.05, 0) is 31.2 Å². The number of rotatable bonds is 9. The Hall–Kier alpha value is -2.30. The molecule has 0 aromatic heterocycles. The van der Waals surface area contributed by atoms with E-state index in [1.54, 1.807) is 13.0 Å². The lowest BCUT2D eigenvalue weighted by molar-refractivity contribution is 0.0500. The Morgan fingerprint density at radius 2 is 1.74 bits per heavy atom. The normalized spacial score (nSPS) is 13.1. The molecule has 4 nitrogen and oxygen atoms in total. The van der Waals surface area contributed by atoms with Crippen LogP contribution in [0.5, 0.6) is 0 Å². The summed E-state index contributed by atoms with van der Waals surface area (Å²) in [4.78, 5) is 0. The molecule has 2 aromatic carbocycles. The Labute approximate surface area is 137 Å². The third-order valence-corrected chi connectivity index (χ3v) is 3.27. The molecule has 0 amide bonds. The molecule has 0 fully saturated rings. The van der Waals surface area contributed by atoms with Gasteiger partial charge in [0.2, 0.25) is 0 Å². The maximum Gasteiger partial charge on any atom is 0.130 e. The van der Waals surface area contributed by atoms with Crippen molar-refractivity contribution in [2.24, 2.45) is 0 Å². The van der Waals surface area contributed by atoms with Gasteiger partial charge < -0.3 is 20.5 Å². The van der Waals surface area contributed by atoms with Gasteiger partial charge in [-0.3, -0.25) is 0 Å². The van der Waals surface area contributed by atoms with Crippen molar-refractivity contribution in [3.05, 3.63) is 67.3 Å². The maximum atomic E-state index is 9.64. The fourth-order valence-corrected chi connectivity index (χ4v) is 2.23. The minimum Gasteiger partial charge on any atom is -0.393 e. The van der Waals surface area contributed by atoms with Gasteiger partial charge in [-0.2, -0.15) is 0 Å². The smallest absolute Gasteiger partial charge is 0.130 e. The maximum absolute atomic E-state index is 9.64. The van der Waals surface area contributed by atoms with Crippen LogP contribution in [0.4, 0.5) is 17.1 Å².